The average Bonchev–Trinajstić information content (AvgIpc) is 2.87. The Kier molecular flexibility index (Phi) is 4.16. The number of carbonyl (C=O) groups excluding carboxylic acids is 1. The molecule has 1 atom stereocenters. The van der Waals surface area contributed by atoms with Crippen LogP contribution in [0.3, 0.4) is 0 Å². The van der Waals surface area contributed by atoms with E-state index in [-0.39, 0.29) is 17.0 Å². The van der Waals surface area contributed by atoms with E-state index in [2.05, 4.69) is 0 Å². The molecule has 2 heterocycles. The number of piperidine rings is 1. The fourth-order valence-corrected chi connectivity index (χ4v) is 3.11. The standard InChI is InChI=1S/C12H17N3O3S/c1-8(13)9-4-6-14(7-5-9)12(16)10-2-3-11(19-10)15(17)18/h2-3,8-9H,4-7,13H2,1H3. The molecule has 1 amide bonds. The molecular formula is C12H17N3O3S. The van der Waals surface area contributed by atoms with Gasteiger partial charge in [0.2, 0.25) is 0 Å². The molecule has 0 aliphatic carbocycles. The maximum atomic E-state index is 12.2. The van der Waals surface area contributed by atoms with E-state index in [1.54, 1.807) is 4.90 Å². The molecule has 1 aliphatic rings. The van der Waals surface area contributed by atoms with Gasteiger partial charge in [0.25, 0.3) is 5.91 Å². The molecule has 104 valence electrons. The van der Waals surface area contributed by atoms with E-state index in [9.17, 15) is 14.9 Å². The molecule has 1 aromatic rings. The quantitative estimate of drug-likeness (QED) is 0.677. The van der Waals surface area contributed by atoms with Crippen LogP contribution in [0.2, 0.25) is 0 Å². The first-order valence-electron chi connectivity index (χ1n) is 6.28. The summed E-state index contributed by atoms with van der Waals surface area (Å²) in [6.45, 7) is 3.35. The summed E-state index contributed by atoms with van der Waals surface area (Å²) in [5.41, 5.74) is 5.86. The van der Waals surface area contributed by atoms with Crippen LogP contribution in [0, 0.1) is 16.0 Å². The first kappa shape index (κ1) is 14.0. The molecule has 1 unspecified atom stereocenters. The van der Waals surface area contributed by atoms with Gasteiger partial charge < -0.3 is 10.6 Å². The van der Waals surface area contributed by atoms with Crippen LogP contribution in [0.15, 0.2) is 12.1 Å². The van der Waals surface area contributed by atoms with Gasteiger partial charge in [0.05, 0.1) is 9.80 Å². The molecule has 0 aromatic carbocycles. The normalized spacial score (nSPS) is 18.3. The van der Waals surface area contributed by atoms with E-state index < -0.39 is 4.92 Å². The summed E-state index contributed by atoms with van der Waals surface area (Å²) in [7, 11) is 0. The second-order valence-corrected chi connectivity index (χ2v) is 5.95. The van der Waals surface area contributed by atoms with Gasteiger partial charge >= 0.3 is 5.00 Å². The lowest BCUT2D eigenvalue weighted by atomic mass is 9.91. The van der Waals surface area contributed by atoms with Gasteiger partial charge in [0.15, 0.2) is 0 Å². The number of hydrogen-bond donors (Lipinski definition) is 1. The summed E-state index contributed by atoms with van der Waals surface area (Å²) >= 11 is 0.935. The minimum atomic E-state index is -0.468. The van der Waals surface area contributed by atoms with E-state index in [0.717, 1.165) is 24.2 Å². The van der Waals surface area contributed by atoms with E-state index in [1.807, 2.05) is 6.92 Å². The second-order valence-electron chi connectivity index (χ2n) is 4.88. The van der Waals surface area contributed by atoms with Gasteiger partial charge in [-0.3, -0.25) is 14.9 Å². The Hall–Kier alpha value is -1.47. The van der Waals surface area contributed by atoms with Crippen molar-refractivity contribution in [3.05, 3.63) is 27.1 Å². The van der Waals surface area contributed by atoms with Crippen LogP contribution in [0.4, 0.5) is 5.00 Å². The zero-order valence-electron chi connectivity index (χ0n) is 10.7. The number of nitro groups is 1. The first-order chi connectivity index (χ1) is 8.99. The van der Waals surface area contributed by atoms with Crippen LogP contribution in [0.5, 0.6) is 0 Å². The third kappa shape index (κ3) is 3.10. The molecule has 1 aromatic heterocycles. The third-order valence-corrected chi connectivity index (χ3v) is 4.58. The van der Waals surface area contributed by atoms with Gasteiger partial charge in [-0.05, 0) is 31.7 Å². The number of thiophene rings is 1. The SMILES string of the molecule is CC(N)C1CCN(C(=O)c2ccc([N+](=O)[O-])s2)CC1. The number of nitrogens with two attached hydrogens (primary N) is 1. The maximum absolute atomic E-state index is 12.2. The molecule has 2 rings (SSSR count). The lowest BCUT2D eigenvalue weighted by Gasteiger charge is -2.33. The summed E-state index contributed by atoms with van der Waals surface area (Å²) in [5, 5.41) is 10.6. The highest BCUT2D eigenvalue weighted by Crippen LogP contribution is 2.27. The topological polar surface area (TPSA) is 89.5 Å². The zero-order chi connectivity index (χ0) is 14.0. The number of likely N-dealkylation sites (tertiary alicyclic amines) is 1. The van der Waals surface area contributed by atoms with Crippen molar-refractivity contribution in [3.8, 4) is 0 Å². The van der Waals surface area contributed by atoms with E-state index >= 15 is 0 Å². The summed E-state index contributed by atoms with van der Waals surface area (Å²) in [6, 6.07) is 3.06. The Morgan fingerprint density at radius 1 is 1.53 bits per heavy atom. The predicted molar refractivity (Wildman–Crippen MR) is 73.3 cm³/mol. The van der Waals surface area contributed by atoms with Crippen LogP contribution in [0.25, 0.3) is 0 Å². The Bertz CT molecular complexity index is 478. The Morgan fingerprint density at radius 3 is 2.63 bits per heavy atom. The fourth-order valence-electron chi connectivity index (χ4n) is 2.32. The van der Waals surface area contributed by atoms with Crippen molar-refractivity contribution in [2.45, 2.75) is 25.8 Å². The zero-order valence-corrected chi connectivity index (χ0v) is 11.6. The molecule has 0 radical (unpaired) electrons. The van der Waals surface area contributed by atoms with Gasteiger partial charge in [-0.2, -0.15) is 0 Å². The predicted octanol–water partition coefficient (Wildman–Crippen LogP) is 1.86. The summed E-state index contributed by atoms with van der Waals surface area (Å²) in [6.07, 6.45) is 1.80. The van der Waals surface area contributed by atoms with E-state index in [4.69, 9.17) is 5.73 Å². The number of nitrogens with zero attached hydrogens (tertiary/aromatic N) is 2. The van der Waals surface area contributed by atoms with Crippen LogP contribution in [-0.4, -0.2) is 34.9 Å². The molecule has 6 nitrogen and oxygen atoms in total. The summed E-state index contributed by atoms with van der Waals surface area (Å²) < 4.78 is 0. The average molecular weight is 283 g/mol. The number of carbonyl (C=O) groups is 1. The summed E-state index contributed by atoms with van der Waals surface area (Å²) in [4.78, 5) is 24.5. The molecule has 2 N–H and O–H groups in total. The van der Waals surface area contributed by atoms with Gasteiger partial charge in [0, 0.05) is 25.2 Å². The smallest absolute Gasteiger partial charge is 0.324 e. The molecular weight excluding hydrogens is 266 g/mol. The van der Waals surface area contributed by atoms with Crippen LogP contribution < -0.4 is 5.73 Å². The molecule has 1 aliphatic heterocycles. The van der Waals surface area contributed by atoms with Crippen molar-refractivity contribution in [2.75, 3.05) is 13.1 Å². The third-order valence-electron chi connectivity index (χ3n) is 3.55. The van der Waals surface area contributed by atoms with Gasteiger partial charge in [-0.15, -0.1) is 0 Å². The van der Waals surface area contributed by atoms with Crippen molar-refractivity contribution in [3.63, 3.8) is 0 Å². The number of hydrogen-bond acceptors (Lipinski definition) is 5. The molecule has 0 bridgehead atoms. The highest BCUT2D eigenvalue weighted by Gasteiger charge is 2.27. The van der Waals surface area contributed by atoms with Crippen molar-refractivity contribution in [1.29, 1.82) is 0 Å². The first-order valence-corrected chi connectivity index (χ1v) is 7.09. The molecule has 1 fully saturated rings. The molecule has 19 heavy (non-hydrogen) atoms. The van der Waals surface area contributed by atoms with E-state index in [0.29, 0.717) is 23.9 Å². The molecule has 7 heteroatoms. The van der Waals surface area contributed by atoms with Crippen molar-refractivity contribution in [1.82, 2.24) is 4.90 Å². The largest absolute Gasteiger partial charge is 0.338 e. The fraction of sp³-hybridized carbons (Fsp3) is 0.583. The Morgan fingerprint density at radius 2 is 2.16 bits per heavy atom. The lowest BCUT2D eigenvalue weighted by molar-refractivity contribution is -0.380. The van der Waals surface area contributed by atoms with Gasteiger partial charge in [-0.25, -0.2) is 0 Å². The number of amides is 1. The van der Waals surface area contributed by atoms with E-state index in [1.165, 1.54) is 12.1 Å². The minimum absolute atomic E-state index is 0.00816. The minimum Gasteiger partial charge on any atom is -0.338 e. The molecule has 1 saturated heterocycles. The second kappa shape index (κ2) is 5.66. The Labute approximate surface area is 115 Å². The maximum Gasteiger partial charge on any atom is 0.324 e. The van der Waals surface area contributed by atoms with Crippen molar-refractivity contribution >= 4 is 22.2 Å². The molecule has 0 saturated carbocycles. The molecule has 0 spiro atoms. The summed E-state index contributed by atoms with van der Waals surface area (Å²) in [5.74, 6) is 0.350. The van der Waals surface area contributed by atoms with Crippen molar-refractivity contribution in [2.24, 2.45) is 11.7 Å². The monoisotopic (exact) mass is 283 g/mol. The number of rotatable bonds is 3. The van der Waals surface area contributed by atoms with Crippen molar-refractivity contribution < 1.29 is 9.72 Å². The van der Waals surface area contributed by atoms with Gasteiger partial charge in [0.1, 0.15) is 0 Å². The lowest BCUT2D eigenvalue weighted by Crippen LogP contribution is -2.42. The highest BCUT2D eigenvalue weighted by atomic mass is 32.1. The highest BCUT2D eigenvalue weighted by molar-refractivity contribution is 7.17. The van der Waals surface area contributed by atoms with Crippen LogP contribution in [0.1, 0.15) is 29.4 Å². The Balaban J connectivity index is 1.99. The van der Waals surface area contributed by atoms with Crippen LogP contribution in [-0.2, 0) is 0 Å². The van der Waals surface area contributed by atoms with Gasteiger partial charge in [-0.1, -0.05) is 11.3 Å². The van der Waals surface area contributed by atoms with Crippen LogP contribution >= 0.6 is 11.3 Å².